The molecule has 1 aliphatic heterocycles. The maximum absolute atomic E-state index is 12.0. The smallest absolute Gasteiger partial charge is 0.339 e. The van der Waals surface area contributed by atoms with E-state index in [-0.39, 0.29) is 5.97 Å². The Morgan fingerprint density at radius 3 is 2.61 bits per heavy atom. The fourth-order valence-corrected chi connectivity index (χ4v) is 3.24. The number of ether oxygens (including phenoxy) is 1. The molecule has 1 aliphatic carbocycles. The van der Waals surface area contributed by atoms with Crippen LogP contribution >= 0.6 is 0 Å². The highest BCUT2D eigenvalue weighted by molar-refractivity contribution is 5.96. The van der Waals surface area contributed by atoms with Crippen molar-refractivity contribution < 1.29 is 19.4 Å². The van der Waals surface area contributed by atoms with Crippen molar-refractivity contribution in [2.24, 2.45) is 0 Å². The van der Waals surface area contributed by atoms with Crippen LogP contribution in [0.5, 0.6) is 0 Å². The Bertz CT molecular complexity index is 514. The zero-order valence-electron chi connectivity index (χ0n) is 9.89. The second-order valence-electron chi connectivity index (χ2n) is 5.02. The van der Waals surface area contributed by atoms with Gasteiger partial charge in [0, 0.05) is 0 Å². The number of carboxylic acids is 1. The highest BCUT2D eigenvalue weighted by Crippen LogP contribution is 2.48. The number of fused-ring (bicyclic) bond motifs is 1. The Balaban J connectivity index is 2.17. The first-order valence-corrected chi connectivity index (χ1v) is 6.19. The first kappa shape index (κ1) is 11.3. The minimum Gasteiger partial charge on any atom is -0.481 e. The van der Waals surface area contributed by atoms with Gasteiger partial charge in [0.25, 0.3) is 0 Å². The van der Waals surface area contributed by atoms with Crippen LogP contribution in [0.2, 0.25) is 0 Å². The van der Waals surface area contributed by atoms with Crippen LogP contribution in [-0.4, -0.2) is 22.6 Å². The van der Waals surface area contributed by atoms with Gasteiger partial charge in [-0.15, -0.1) is 0 Å². The quantitative estimate of drug-likeness (QED) is 0.772. The molecular weight excluding hydrogens is 232 g/mol. The standard InChI is InChI=1S/C14H14O4/c15-12(16)11-9-5-1-2-6-10(9)13(17)18-14(11)7-3-4-8-14/h1-2,5-6,11H,3-4,7-8H2,(H,15,16). The summed E-state index contributed by atoms with van der Waals surface area (Å²) in [5, 5.41) is 9.51. The second kappa shape index (κ2) is 3.83. The van der Waals surface area contributed by atoms with Crippen LogP contribution in [0.1, 0.15) is 47.5 Å². The number of carbonyl (C=O) groups excluding carboxylic acids is 1. The lowest BCUT2D eigenvalue weighted by Gasteiger charge is -2.39. The third-order valence-electron chi connectivity index (χ3n) is 4.01. The lowest BCUT2D eigenvalue weighted by atomic mass is 9.76. The molecule has 4 nitrogen and oxygen atoms in total. The summed E-state index contributed by atoms with van der Waals surface area (Å²) in [6, 6.07) is 6.87. The molecule has 18 heavy (non-hydrogen) atoms. The summed E-state index contributed by atoms with van der Waals surface area (Å²) < 4.78 is 5.52. The van der Waals surface area contributed by atoms with Gasteiger partial charge in [-0.05, 0) is 37.3 Å². The van der Waals surface area contributed by atoms with Gasteiger partial charge in [0.15, 0.2) is 0 Å². The van der Waals surface area contributed by atoms with E-state index in [1.54, 1.807) is 24.3 Å². The van der Waals surface area contributed by atoms with E-state index in [0.717, 1.165) is 12.8 Å². The molecule has 1 heterocycles. The molecule has 1 unspecified atom stereocenters. The highest BCUT2D eigenvalue weighted by Gasteiger charge is 2.53. The molecule has 94 valence electrons. The summed E-state index contributed by atoms with van der Waals surface area (Å²) in [5.74, 6) is -2.02. The summed E-state index contributed by atoms with van der Waals surface area (Å²) >= 11 is 0. The van der Waals surface area contributed by atoms with E-state index in [2.05, 4.69) is 0 Å². The van der Waals surface area contributed by atoms with Gasteiger partial charge in [0.05, 0.1) is 5.56 Å². The predicted molar refractivity (Wildman–Crippen MR) is 63.4 cm³/mol. The highest BCUT2D eigenvalue weighted by atomic mass is 16.6. The van der Waals surface area contributed by atoms with E-state index in [9.17, 15) is 14.7 Å². The van der Waals surface area contributed by atoms with Gasteiger partial charge in [-0.25, -0.2) is 4.79 Å². The third kappa shape index (κ3) is 1.45. The minimum absolute atomic E-state index is 0.384. The van der Waals surface area contributed by atoms with E-state index in [4.69, 9.17) is 4.74 Å². The predicted octanol–water partition coefficient (Wildman–Crippen LogP) is 2.34. The zero-order valence-corrected chi connectivity index (χ0v) is 9.89. The summed E-state index contributed by atoms with van der Waals surface area (Å²) in [4.78, 5) is 23.6. The van der Waals surface area contributed by atoms with Crippen LogP contribution in [0, 0.1) is 0 Å². The third-order valence-corrected chi connectivity index (χ3v) is 4.01. The number of hydrogen-bond donors (Lipinski definition) is 1. The molecule has 1 saturated carbocycles. The largest absolute Gasteiger partial charge is 0.481 e. The van der Waals surface area contributed by atoms with Gasteiger partial charge in [-0.3, -0.25) is 4.79 Å². The number of rotatable bonds is 1. The van der Waals surface area contributed by atoms with Crippen LogP contribution in [0.25, 0.3) is 0 Å². The van der Waals surface area contributed by atoms with E-state index in [1.807, 2.05) is 0 Å². The van der Waals surface area contributed by atoms with Crippen molar-refractivity contribution in [2.75, 3.05) is 0 Å². The average molecular weight is 246 g/mol. The number of hydrogen-bond acceptors (Lipinski definition) is 3. The maximum atomic E-state index is 12.0. The first-order valence-electron chi connectivity index (χ1n) is 6.19. The van der Waals surface area contributed by atoms with Gasteiger partial charge in [0.2, 0.25) is 0 Å². The summed E-state index contributed by atoms with van der Waals surface area (Å²) in [5.41, 5.74) is 0.169. The molecule has 0 aromatic heterocycles. The number of aliphatic carboxylic acids is 1. The molecule has 1 aromatic rings. The Morgan fingerprint density at radius 2 is 1.94 bits per heavy atom. The molecule has 3 rings (SSSR count). The summed E-state index contributed by atoms with van der Waals surface area (Å²) in [6.07, 6.45) is 3.12. The molecule has 0 amide bonds. The Hall–Kier alpha value is -1.84. The molecule has 1 atom stereocenters. The molecular formula is C14H14O4. The van der Waals surface area contributed by atoms with Crippen LogP contribution in [0.15, 0.2) is 24.3 Å². The second-order valence-corrected chi connectivity index (χ2v) is 5.02. The fourth-order valence-electron chi connectivity index (χ4n) is 3.24. The van der Waals surface area contributed by atoms with Crippen molar-refractivity contribution in [1.29, 1.82) is 0 Å². The Kier molecular flexibility index (Phi) is 2.40. The summed E-state index contributed by atoms with van der Waals surface area (Å²) in [7, 11) is 0. The molecule has 1 spiro atoms. The zero-order chi connectivity index (χ0) is 12.8. The van der Waals surface area contributed by atoms with Crippen molar-refractivity contribution in [2.45, 2.75) is 37.2 Å². The number of carboxylic acid groups (broad SMARTS) is 1. The monoisotopic (exact) mass is 246 g/mol. The Morgan fingerprint density at radius 1 is 1.28 bits per heavy atom. The van der Waals surface area contributed by atoms with Crippen LogP contribution in [0.3, 0.4) is 0 Å². The number of carbonyl (C=O) groups is 2. The van der Waals surface area contributed by atoms with Crippen LogP contribution < -0.4 is 0 Å². The van der Waals surface area contributed by atoms with Crippen molar-refractivity contribution in [1.82, 2.24) is 0 Å². The van der Waals surface area contributed by atoms with Crippen LogP contribution in [0.4, 0.5) is 0 Å². The average Bonchev–Trinajstić information content (AvgIpc) is 2.77. The normalized spacial score (nSPS) is 24.7. The SMILES string of the molecule is O=C1OC2(CCCC2)C(C(=O)O)c2ccccc21. The molecule has 0 bridgehead atoms. The molecule has 2 aliphatic rings. The summed E-state index contributed by atoms with van der Waals surface area (Å²) in [6.45, 7) is 0. The molecule has 4 heteroatoms. The van der Waals surface area contributed by atoms with Crippen molar-refractivity contribution in [3.05, 3.63) is 35.4 Å². The molecule has 1 fully saturated rings. The molecule has 0 radical (unpaired) electrons. The van der Waals surface area contributed by atoms with E-state index < -0.39 is 17.5 Å². The van der Waals surface area contributed by atoms with Crippen molar-refractivity contribution >= 4 is 11.9 Å². The van der Waals surface area contributed by atoms with Crippen molar-refractivity contribution in [3.63, 3.8) is 0 Å². The van der Waals surface area contributed by atoms with Crippen LogP contribution in [-0.2, 0) is 9.53 Å². The lowest BCUT2D eigenvalue weighted by Crippen LogP contribution is -2.46. The van der Waals surface area contributed by atoms with Crippen molar-refractivity contribution in [3.8, 4) is 0 Å². The van der Waals surface area contributed by atoms with Gasteiger partial charge < -0.3 is 9.84 Å². The Labute approximate surface area is 105 Å². The number of esters is 1. The molecule has 1 N–H and O–H groups in total. The van der Waals surface area contributed by atoms with Gasteiger partial charge in [-0.1, -0.05) is 18.2 Å². The minimum atomic E-state index is -0.906. The van der Waals surface area contributed by atoms with Gasteiger partial charge >= 0.3 is 11.9 Å². The fraction of sp³-hybridized carbons (Fsp3) is 0.429. The molecule has 1 aromatic carbocycles. The van der Waals surface area contributed by atoms with E-state index >= 15 is 0 Å². The lowest BCUT2D eigenvalue weighted by molar-refractivity contribution is -0.147. The van der Waals surface area contributed by atoms with Gasteiger partial charge in [-0.2, -0.15) is 0 Å². The topological polar surface area (TPSA) is 63.6 Å². The van der Waals surface area contributed by atoms with E-state index in [0.29, 0.717) is 24.0 Å². The number of benzene rings is 1. The maximum Gasteiger partial charge on any atom is 0.339 e. The molecule has 0 saturated heterocycles. The van der Waals surface area contributed by atoms with Gasteiger partial charge in [0.1, 0.15) is 11.5 Å². The van der Waals surface area contributed by atoms with E-state index in [1.165, 1.54) is 0 Å². The first-order chi connectivity index (χ1) is 8.64.